The third kappa shape index (κ3) is 3.28. The molecular weight excluding hydrogens is 318 g/mol. The van der Waals surface area contributed by atoms with Crippen molar-refractivity contribution in [3.05, 3.63) is 42.0 Å². The van der Waals surface area contributed by atoms with Crippen molar-refractivity contribution in [3.8, 4) is 11.5 Å². The molecule has 0 radical (unpaired) electrons. The van der Waals surface area contributed by atoms with Gasteiger partial charge in [0.25, 0.3) is 0 Å². The normalized spacial score (nSPS) is 15.5. The van der Waals surface area contributed by atoms with Gasteiger partial charge in [-0.15, -0.1) is 0 Å². The maximum atomic E-state index is 5.75. The van der Waals surface area contributed by atoms with Gasteiger partial charge >= 0.3 is 0 Å². The lowest BCUT2D eigenvalue weighted by Crippen LogP contribution is -2.33. The summed E-state index contributed by atoms with van der Waals surface area (Å²) in [4.78, 5) is 19.5. The van der Waals surface area contributed by atoms with Crippen molar-refractivity contribution in [2.75, 3.05) is 23.7 Å². The fraction of sp³-hybridized carbons (Fsp3) is 0.353. The van der Waals surface area contributed by atoms with Gasteiger partial charge in [0.15, 0.2) is 0 Å². The van der Waals surface area contributed by atoms with E-state index in [4.69, 9.17) is 10.3 Å². The molecule has 0 aromatic carbocycles. The Kier molecular flexibility index (Phi) is 4.01. The lowest BCUT2D eigenvalue weighted by molar-refractivity contribution is 0.329. The first kappa shape index (κ1) is 15.5. The number of nitrogen functional groups attached to an aromatic ring is 1. The monoisotopic (exact) mass is 337 g/mol. The summed E-state index contributed by atoms with van der Waals surface area (Å²) in [7, 11) is 0. The molecular formula is C17H19N7O. The molecule has 3 aromatic heterocycles. The largest absolute Gasteiger partial charge is 0.368 e. The van der Waals surface area contributed by atoms with E-state index in [9.17, 15) is 0 Å². The highest BCUT2D eigenvalue weighted by atomic mass is 16.5. The molecule has 1 saturated heterocycles. The van der Waals surface area contributed by atoms with Crippen LogP contribution < -0.4 is 10.6 Å². The minimum absolute atomic E-state index is 0.251. The summed E-state index contributed by atoms with van der Waals surface area (Å²) in [5.74, 6) is 2.66. The number of aromatic nitrogens is 5. The second-order valence-corrected chi connectivity index (χ2v) is 6.16. The summed E-state index contributed by atoms with van der Waals surface area (Å²) in [6.07, 6.45) is 3.57. The number of pyridine rings is 1. The lowest BCUT2D eigenvalue weighted by Gasteiger charge is -2.31. The fourth-order valence-corrected chi connectivity index (χ4v) is 3.09. The number of anilines is 2. The maximum Gasteiger partial charge on any atom is 0.230 e. The molecule has 3 aromatic rings. The molecule has 0 spiro atoms. The third-order valence-corrected chi connectivity index (χ3v) is 4.36. The molecule has 0 unspecified atom stereocenters. The van der Waals surface area contributed by atoms with Crippen molar-refractivity contribution in [2.45, 2.75) is 25.7 Å². The molecule has 0 amide bonds. The van der Waals surface area contributed by atoms with Gasteiger partial charge in [-0.3, -0.25) is 4.98 Å². The Labute approximate surface area is 145 Å². The predicted octanol–water partition coefficient (Wildman–Crippen LogP) is 2.20. The quantitative estimate of drug-likeness (QED) is 0.775. The average molecular weight is 337 g/mol. The summed E-state index contributed by atoms with van der Waals surface area (Å²) in [6, 6.07) is 7.61. The van der Waals surface area contributed by atoms with E-state index in [1.165, 1.54) is 0 Å². The molecule has 4 rings (SSSR count). The van der Waals surface area contributed by atoms with Gasteiger partial charge in [0.1, 0.15) is 11.5 Å². The topological polar surface area (TPSA) is 107 Å². The molecule has 0 bridgehead atoms. The first-order valence-electron chi connectivity index (χ1n) is 8.30. The van der Waals surface area contributed by atoms with Crippen LogP contribution in [-0.2, 0) is 0 Å². The molecule has 0 saturated carbocycles. The zero-order valence-electron chi connectivity index (χ0n) is 14.0. The summed E-state index contributed by atoms with van der Waals surface area (Å²) in [5.41, 5.74) is 7.35. The number of aryl methyl sites for hydroxylation is 1. The Morgan fingerprint density at radius 3 is 2.72 bits per heavy atom. The molecule has 1 fully saturated rings. The van der Waals surface area contributed by atoms with Gasteiger partial charge in [-0.25, -0.2) is 4.98 Å². The van der Waals surface area contributed by atoms with Gasteiger partial charge < -0.3 is 15.2 Å². The summed E-state index contributed by atoms with van der Waals surface area (Å²) in [6.45, 7) is 3.65. The van der Waals surface area contributed by atoms with Crippen LogP contribution >= 0.6 is 0 Å². The highest BCUT2D eigenvalue weighted by Gasteiger charge is 2.26. The van der Waals surface area contributed by atoms with Crippen molar-refractivity contribution < 1.29 is 4.52 Å². The van der Waals surface area contributed by atoms with Crippen LogP contribution in [0.15, 0.2) is 35.0 Å². The minimum Gasteiger partial charge on any atom is -0.368 e. The third-order valence-electron chi connectivity index (χ3n) is 4.36. The Morgan fingerprint density at radius 2 is 2.00 bits per heavy atom. The summed E-state index contributed by atoms with van der Waals surface area (Å²) < 4.78 is 5.47. The lowest BCUT2D eigenvalue weighted by atomic mass is 9.97. The van der Waals surface area contributed by atoms with Gasteiger partial charge in [0, 0.05) is 37.0 Å². The van der Waals surface area contributed by atoms with Crippen LogP contribution in [0.25, 0.3) is 11.5 Å². The van der Waals surface area contributed by atoms with E-state index in [0.717, 1.165) is 43.1 Å². The first-order valence-corrected chi connectivity index (χ1v) is 8.30. The van der Waals surface area contributed by atoms with Gasteiger partial charge in [-0.1, -0.05) is 11.2 Å². The van der Waals surface area contributed by atoms with Crippen LogP contribution in [-0.4, -0.2) is 38.2 Å². The van der Waals surface area contributed by atoms with Crippen LogP contribution in [0.5, 0.6) is 0 Å². The van der Waals surface area contributed by atoms with Gasteiger partial charge in [-0.2, -0.15) is 9.97 Å². The van der Waals surface area contributed by atoms with E-state index in [1.807, 2.05) is 31.2 Å². The zero-order valence-corrected chi connectivity index (χ0v) is 14.0. The predicted molar refractivity (Wildman–Crippen MR) is 92.9 cm³/mol. The number of nitrogens with two attached hydrogens (primary N) is 1. The molecule has 2 N–H and O–H groups in total. The molecule has 8 heteroatoms. The number of rotatable bonds is 3. The van der Waals surface area contributed by atoms with E-state index in [0.29, 0.717) is 17.7 Å². The molecule has 25 heavy (non-hydrogen) atoms. The highest BCUT2D eigenvalue weighted by Crippen LogP contribution is 2.30. The molecule has 128 valence electrons. The van der Waals surface area contributed by atoms with Crippen LogP contribution in [0, 0.1) is 6.92 Å². The Bertz CT molecular complexity index is 836. The smallest absolute Gasteiger partial charge is 0.230 e. The first-order chi connectivity index (χ1) is 12.2. The van der Waals surface area contributed by atoms with E-state index < -0.39 is 0 Å². The van der Waals surface area contributed by atoms with E-state index >= 15 is 0 Å². The fourth-order valence-electron chi connectivity index (χ4n) is 3.09. The van der Waals surface area contributed by atoms with Crippen molar-refractivity contribution in [1.29, 1.82) is 0 Å². The Balaban J connectivity index is 1.45. The Hall–Kier alpha value is -3.03. The summed E-state index contributed by atoms with van der Waals surface area (Å²) >= 11 is 0. The van der Waals surface area contributed by atoms with Crippen molar-refractivity contribution >= 4 is 11.8 Å². The number of hydrogen-bond donors (Lipinski definition) is 1. The SMILES string of the molecule is Cc1cc(N2CCC(c3nc(-c4ccccn4)no3)CC2)nc(N)n1. The van der Waals surface area contributed by atoms with E-state index in [2.05, 4.69) is 30.0 Å². The molecule has 1 aliphatic rings. The maximum absolute atomic E-state index is 5.75. The van der Waals surface area contributed by atoms with Crippen LogP contribution in [0.2, 0.25) is 0 Å². The molecule has 1 aliphatic heterocycles. The van der Waals surface area contributed by atoms with Crippen LogP contribution in [0.1, 0.15) is 30.3 Å². The molecule has 4 heterocycles. The highest BCUT2D eigenvalue weighted by molar-refractivity contribution is 5.47. The van der Waals surface area contributed by atoms with E-state index in [1.54, 1.807) is 6.20 Å². The standard InChI is InChI=1S/C17H19N7O/c1-11-10-14(21-17(18)20-11)24-8-5-12(6-9-24)16-22-15(23-25-16)13-4-2-3-7-19-13/h2-4,7,10,12H,5-6,8-9H2,1H3,(H2,18,20,21). The van der Waals surface area contributed by atoms with Gasteiger partial charge in [0.05, 0.1) is 0 Å². The average Bonchev–Trinajstić information content (AvgIpc) is 3.12. The molecule has 0 aliphatic carbocycles. The van der Waals surface area contributed by atoms with Crippen LogP contribution in [0.4, 0.5) is 11.8 Å². The molecule has 8 nitrogen and oxygen atoms in total. The van der Waals surface area contributed by atoms with Crippen molar-refractivity contribution in [1.82, 2.24) is 25.1 Å². The number of nitrogens with zero attached hydrogens (tertiary/aromatic N) is 6. The van der Waals surface area contributed by atoms with Crippen LogP contribution in [0.3, 0.4) is 0 Å². The van der Waals surface area contributed by atoms with Gasteiger partial charge in [-0.05, 0) is 31.9 Å². The number of hydrogen-bond acceptors (Lipinski definition) is 8. The Morgan fingerprint density at radius 1 is 1.16 bits per heavy atom. The second-order valence-electron chi connectivity index (χ2n) is 6.16. The zero-order chi connectivity index (χ0) is 17.2. The second kappa shape index (κ2) is 6.46. The van der Waals surface area contributed by atoms with E-state index in [-0.39, 0.29) is 5.92 Å². The minimum atomic E-state index is 0.251. The molecule has 0 atom stereocenters. The number of piperidine rings is 1. The van der Waals surface area contributed by atoms with Crippen molar-refractivity contribution in [3.63, 3.8) is 0 Å². The van der Waals surface area contributed by atoms with Crippen molar-refractivity contribution in [2.24, 2.45) is 0 Å². The summed E-state index contributed by atoms with van der Waals surface area (Å²) in [5, 5.41) is 4.06. The van der Waals surface area contributed by atoms with Gasteiger partial charge in [0.2, 0.25) is 17.7 Å².